The van der Waals surface area contributed by atoms with Crippen LogP contribution in [0.4, 0.5) is 0 Å². The fourth-order valence-corrected chi connectivity index (χ4v) is 4.41. The quantitative estimate of drug-likeness (QED) is 0.570. The highest BCUT2D eigenvalue weighted by atomic mass is 15.3. The molecule has 0 spiro atoms. The van der Waals surface area contributed by atoms with E-state index in [1.807, 2.05) is 12.3 Å². The topological polar surface area (TPSA) is 66.8 Å². The van der Waals surface area contributed by atoms with Gasteiger partial charge in [-0.3, -0.25) is 4.99 Å². The Morgan fingerprint density at radius 3 is 2.73 bits per heavy atom. The standard InChI is InChI=1S/C21H17N5/c1-2-4-16-15(3-1)19-17(7-8-18-21(19)25-26-24-18)23-20(16)12-5-6-13-10-22-11-14(13)9-12/h5-9,11H,1-4,10H2,(H,24,25,26). The molecule has 126 valence electrons. The molecule has 0 atom stereocenters. The minimum Gasteiger partial charge on any atom is -0.288 e. The average molecular weight is 339 g/mol. The molecule has 0 saturated heterocycles. The van der Waals surface area contributed by atoms with Crippen LogP contribution >= 0.6 is 0 Å². The number of rotatable bonds is 1. The van der Waals surface area contributed by atoms with Crippen molar-refractivity contribution < 1.29 is 0 Å². The smallest absolute Gasteiger partial charge is 0.122 e. The molecular formula is C21H17N5. The number of H-pyrrole nitrogens is 1. The molecule has 0 fully saturated rings. The molecular weight excluding hydrogens is 322 g/mol. The highest BCUT2D eigenvalue weighted by Crippen LogP contribution is 2.37. The molecule has 0 amide bonds. The zero-order chi connectivity index (χ0) is 17.1. The summed E-state index contributed by atoms with van der Waals surface area (Å²) in [4.78, 5) is 9.48. The predicted octanol–water partition coefficient (Wildman–Crippen LogP) is 3.98. The van der Waals surface area contributed by atoms with Crippen LogP contribution in [0.15, 0.2) is 35.3 Å². The molecule has 5 heteroatoms. The fraction of sp³-hybridized carbons (Fsp3) is 0.238. The number of fused-ring (bicyclic) bond motifs is 6. The van der Waals surface area contributed by atoms with Crippen molar-refractivity contribution in [3.63, 3.8) is 0 Å². The Morgan fingerprint density at radius 2 is 1.77 bits per heavy atom. The second kappa shape index (κ2) is 5.21. The molecule has 1 N–H and O–H groups in total. The van der Waals surface area contributed by atoms with E-state index in [2.05, 4.69) is 44.7 Å². The molecule has 4 aromatic rings. The largest absolute Gasteiger partial charge is 0.288 e. The van der Waals surface area contributed by atoms with Crippen LogP contribution in [0.1, 0.15) is 35.1 Å². The van der Waals surface area contributed by atoms with Crippen molar-refractivity contribution in [2.75, 3.05) is 0 Å². The number of hydrogen-bond acceptors (Lipinski definition) is 4. The highest BCUT2D eigenvalue weighted by molar-refractivity contribution is 6.05. The molecule has 2 aromatic heterocycles. The van der Waals surface area contributed by atoms with Crippen LogP contribution in [-0.4, -0.2) is 26.6 Å². The van der Waals surface area contributed by atoms with E-state index in [0.717, 1.165) is 41.6 Å². The van der Waals surface area contributed by atoms with Crippen molar-refractivity contribution in [3.05, 3.63) is 52.6 Å². The SMILES string of the molecule is C1=NCc2ccc(-c3nc4ccc5n[nH]nc5c4c4c3CCCC4)cc21. The summed E-state index contributed by atoms with van der Waals surface area (Å²) in [6.45, 7) is 0.795. The lowest BCUT2D eigenvalue weighted by atomic mass is 9.85. The number of aryl methyl sites for hydroxylation is 1. The molecule has 2 aliphatic rings. The first-order chi connectivity index (χ1) is 12.9. The first kappa shape index (κ1) is 14.1. The Hall–Kier alpha value is -3.08. The van der Waals surface area contributed by atoms with Crippen LogP contribution in [0.3, 0.4) is 0 Å². The van der Waals surface area contributed by atoms with Crippen LogP contribution in [0.25, 0.3) is 33.2 Å². The maximum atomic E-state index is 5.09. The number of hydrogen-bond donors (Lipinski definition) is 1. The monoisotopic (exact) mass is 339 g/mol. The van der Waals surface area contributed by atoms with Gasteiger partial charge in [-0.25, -0.2) is 4.98 Å². The number of benzene rings is 2. The molecule has 0 radical (unpaired) electrons. The molecule has 1 aliphatic carbocycles. The Labute approximate surface area is 150 Å². The van der Waals surface area contributed by atoms with E-state index < -0.39 is 0 Å². The van der Waals surface area contributed by atoms with Crippen molar-refractivity contribution in [2.24, 2.45) is 4.99 Å². The summed E-state index contributed by atoms with van der Waals surface area (Å²) in [5.41, 5.74) is 10.5. The number of nitrogens with one attached hydrogen (secondary N) is 1. The van der Waals surface area contributed by atoms with Gasteiger partial charge in [0.05, 0.1) is 17.8 Å². The zero-order valence-corrected chi connectivity index (χ0v) is 14.3. The van der Waals surface area contributed by atoms with Crippen LogP contribution in [0.2, 0.25) is 0 Å². The number of nitrogens with zero attached hydrogens (tertiary/aromatic N) is 4. The summed E-state index contributed by atoms with van der Waals surface area (Å²) in [5, 5.41) is 12.6. The van der Waals surface area contributed by atoms with Gasteiger partial charge in [0.15, 0.2) is 0 Å². The number of aromatic nitrogens is 4. The van der Waals surface area contributed by atoms with Gasteiger partial charge in [0, 0.05) is 17.2 Å². The second-order valence-corrected chi connectivity index (χ2v) is 7.16. The summed E-state index contributed by atoms with van der Waals surface area (Å²) in [7, 11) is 0. The number of aliphatic imine (C=N–C) groups is 1. The first-order valence-corrected chi connectivity index (χ1v) is 9.16. The number of pyridine rings is 1. The van der Waals surface area contributed by atoms with Gasteiger partial charge in [-0.15, -0.1) is 0 Å². The minimum absolute atomic E-state index is 0.795. The summed E-state index contributed by atoms with van der Waals surface area (Å²) in [5.74, 6) is 0. The minimum atomic E-state index is 0.795. The van der Waals surface area contributed by atoms with Gasteiger partial charge in [0.25, 0.3) is 0 Å². The highest BCUT2D eigenvalue weighted by Gasteiger charge is 2.22. The Kier molecular flexibility index (Phi) is 2.83. The van der Waals surface area contributed by atoms with Crippen LogP contribution in [0, 0.1) is 0 Å². The van der Waals surface area contributed by atoms with Gasteiger partial charge in [0.1, 0.15) is 11.0 Å². The van der Waals surface area contributed by atoms with Gasteiger partial charge in [-0.2, -0.15) is 15.4 Å². The molecule has 26 heavy (non-hydrogen) atoms. The lowest BCUT2D eigenvalue weighted by molar-refractivity contribution is 0.689. The van der Waals surface area contributed by atoms with Crippen LogP contribution in [0.5, 0.6) is 0 Å². The van der Waals surface area contributed by atoms with Crippen molar-refractivity contribution in [1.82, 2.24) is 20.4 Å². The summed E-state index contributed by atoms with van der Waals surface area (Å²) in [6, 6.07) is 10.7. The first-order valence-electron chi connectivity index (χ1n) is 9.16. The third-order valence-corrected chi connectivity index (χ3v) is 5.67. The third-order valence-electron chi connectivity index (χ3n) is 5.67. The lowest BCUT2D eigenvalue weighted by Gasteiger charge is -2.21. The maximum absolute atomic E-state index is 5.09. The summed E-state index contributed by atoms with van der Waals surface area (Å²) in [6.07, 6.45) is 6.57. The van der Waals surface area contributed by atoms with E-state index in [1.165, 1.54) is 46.0 Å². The predicted molar refractivity (Wildman–Crippen MR) is 103 cm³/mol. The molecule has 0 saturated carbocycles. The van der Waals surface area contributed by atoms with Crippen molar-refractivity contribution in [3.8, 4) is 11.3 Å². The van der Waals surface area contributed by atoms with E-state index in [9.17, 15) is 0 Å². The van der Waals surface area contributed by atoms with Crippen molar-refractivity contribution in [1.29, 1.82) is 0 Å². The zero-order valence-electron chi connectivity index (χ0n) is 14.3. The van der Waals surface area contributed by atoms with Gasteiger partial charge in [-0.1, -0.05) is 12.1 Å². The Bertz CT molecular complexity index is 1220. The molecule has 5 nitrogen and oxygen atoms in total. The second-order valence-electron chi connectivity index (χ2n) is 7.16. The van der Waals surface area contributed by atoms with Gasteiger partial charge >= 0.3 is 0 Å². The fourth-order valence-electron chi connectivity index (χ4n) is 4.41. The average Bonchev–Trinajstić information content (AvgIpc) is 3.35. The summed E-state index contributed by atoms with van der Waals surface area (Å²) < 4.78 is 0. The van der Waals surface area contributed by atoms with Crippen molar-refractivity contribution >= 4 is 28.2 Å². The van der Waals surface area contributed by atoms with E-state index in [0.29, 0.717) is 0 Å². The van der Waals surface area contributed by atoms with E-state index in [1.54, 1.807) is 0 Å². The van der Waals surface area contributed by atoms with Crippen molar-refractivity contribution in [2.45, 2.75) is 32.2 Å². The van der Waals surface area contributed by atoms with Crippen LogP contribution in [-0.2, 0) is 19.4 Å². The third kappa shape index (κ3) is 1.91. The number of aromatic amines is 1. The molecule has 0 unspecified atom stereocenters. The van der Waals surface area contributed by atoms with Gasteiger partial charge in [-0.05, 0) is 66.1 Å². The Morgan fingerprint density at radius 1 is 0.885 bits per heavy atom. The normalized spacial score (nSPS) is 15.5. The Balaban J connectivity index is 1.69. The van der Waals surface area contributed by atoms with E-state index in [-0.39, 0.29) is 0 Å². The molecule has 1 aliphatic heterocycles. The molecule has 6 rings (SSSR count). The molecule has 0 bridgehead atoms. The van der Waals surface area contributed by atoms with E-state index >= 15 is 0 Å². The van der Waals surface area contributed by atoms with Gasteiger partial charge in [0.2, 0.25) is 0 Å². The molecule has 2 aromatic carbocycles. The van der Waals surface area contributed by atoms with Gasteiger partial charge < -0.3 is 0 Å². The molecule has 3 heterocycles. The lowest BCUT2D eigenvalue weighted by Crippen LogP contribution is -2.08. The summed E-state index contributed by atoms with van der Waals surface area (Å²) >= 11 is 0. The van der Waals surface area contributed by atoms with E-state index in [4.69, 9.17) is 4.98 Å². The maximum Gasteiger partial charge on any atom is 0.122 e. The van der Waals surface area contributed by atoms with Crippen LogP contribution < -0.4 is 0 Å².